The fourth-order valence-corrected chi connectivity index (χ4v) is 1.90. The topological polar surface area (TPSA) is 43.6 Å². The molecule has 0 radical (unpaired) electrons. The van der Waals surface area contributed by atoms with Crippen LogP contribution in [0.25, 0.3) is 11.0 Å². The number of fused-ring (bicyclic) bond motifs is 1. The summed E-state index contributed by atoms with van der Waals surface area (Å²) in [4.78, 5) is 0. The van der Waals surface area contributed by atoms with Gasteiger partial charge in [-0.25, -0.2) is 0 Å². The molecule has 98 valence electrons. The third-order valence-corrected chi connectivity index (χ3v) is 2.81. The molecular weight excluding hydrogens is 230 g/mol. The Labute approximate surface area is 107 Å². The molecule has 0 aliphatic heterocycles. The third kappa shape index (κ3) is 2.59. The van der Waals surface area contributed by atoms with Crippen molar-refractivity contribution in [3.8, 4) is 11.5 Å². The van der Waals surface area contributed by atoms with Crippen LogP contribution in [0.1, 0.15) is 19.1 Å². The molecule has 1 aromatic carbocycles. The molecule has 0 atom stereocenters. The summed E-state index contributed by atoms with van der Waals surface area (Å²) in [6, 6.07) is 5.75. The second-order valence-electron chi connectivity index (χ2n) is 4.13. The quantitative estimate of drug-likeness (QED) is 0.799. The summed E-state index contributed by atoms with van der Waals surface area (Å²) >= 11 is 0. The Morgan fingerprint density at radius 1 is 1.17 bits per heavy atom. The second kappa shape index (κ2) is 5.78. The number of ether oxygens (including phenoxy) is 2. The van der Waals surface area contributed by atoms with E-state index in [1.54, 1.807) is 14.2 Å². The maximum Gasteiger partial charge on any atom is 0.141 e. The van der Waals surface area contributed by atoms with Crippen molar-refractivity contribution in [2.45, 2.75) is 19.9 Å². The number of nitrogens with one attached hydrogen (secondary N) is 1. The summed E-state index contributed by atoms with van der Waals surface area (Å²) in [5.74, 6) is 2.42. The molecule has 0 amide bonds. The average molecular weight is 249 g/mol. The minimum atomic E-state index is 0.730. The number of furan rings is 1. The number of methoxy groups -OCH3 is 2. The fraction of sp³-hybridized carbons (Fsp3) is 0.429. The van der Waals surface area contributed by atoms with Crippen LogP contribution in [0.2, 0.25) is 0 Å². The van der Waals surface area contributed by atoms with Gasteiger partial charge in [-0.3, -0.25) is 0 Å². The Balaban J connectivity index is 2.31. The summed E-state index contributed by atoms with van der Waals surface area (Å²) in [6.45, 7) is 3.85. The predicted octanol–water partition coefficient (Wildman–Crippen LogP) is 2.95. The molecule has 0 unspecified atom stereocenters. The van der Waals surface area contributed by atoms with Crippen molar-refractivity contribution in [3.05, 3.63) is 24.0 Å². The van der Waals surface area contributed by atoms with Crippen molar-refractivity contribution in [1.82, 2.24) is 5.32 Å². The highest BCUT2D eigenvalue weighted by Gasteiger charge is 2.10. The first kappa shape index (κ1) is 12.8. The van der Waals surface area contributed by atoms with Crippen LogP contribution in [-0.2, 0) is 6.54 Å². The molecule has 2 aromatic rings. The Morgan fingerprint density at radius 3 is 2.67 bits per heavy atom. The highest BCUT2D eigenvalue weighted by atomic mass is 16.5. The van der Waals surface area contributed by atoms with Gasteiger partial charge in [-0.1, -0.05) is 6.92 Å². The van der Waals surface area contributed by atoms with Crippen LogP contribution in [0.15, 0.2) is 22.6 Å². The van der Waals surface area contributed by atoms with Gasteiger partial charge in [-0.05, 0) is 19.0 Å². The van der Waals surface area contributed by atoms with E-state index >= 15 is 0 Å². The van der Waals surface area contributed by atoms with Gasteiger partial charge in [0.25, 0.3) is 0 Å². The Morgan fingerprint density at radius 2 is 2.00 bits per heavy atom. The number of rotatable bonds is 6. The van der Waals surface area contributed by atoms with E-state index in [0.29, 0.717) is 0 Å². The summed E-state index contributed by atoms with van der Waals surface area (Å²) in [5, 5.41) is 4.29. The van der Waals surface area contributed by atoms with Crippen molar-refractivity contribution in [3.63, 3.8) is 0 Å². The lowest BCUT2D eigenvalue weighted by Crippen LogP contribution is -2.12. The molecule has 0 bridgehead atoms. The molecule has 0 fully saturated rings. The maximum atomic E-state index is 5.78. The lowest BCUT2D eigenvalue weighted by Gasteiger charge is -2.04. The molecule has 0 aliphatic rings. The van der Waals surface area contributed by atoms with E-state index in [0.717, 1.165) is 47.7 Å². The first-order valence-corrected chi connectivity index (χ1v) is 6.13. The molecule has 1 N–H and O–H groups in total. The summed E-state index contributed by atoms with van der Waals surface area (Å²) in [6.07, 6.45) is 1.11. The number of benzene rings is 1. The van der Waals surface area contributed by atoms with Gasteiger partial charge in [-0.2, -0.15) is 0 Å². The molecule has 0 aliphatic carbocycles. The van der Waals surface area contributed by atoms with E-state index in [-0.39, 0.29) is 0 Å². The highest BCUT2D eigenvalue weighted by molar-refractivity contribution is 5.86. The van der Waals surface area contributed by atoms with Gasteiger partial charge in [0.05, 0.1) is 26.2 Å². The van der Waals surface area contributed by atoms with Crippen molar-refractivity contribution >= 4 is 11.0 Å². The number of hydrogen-bond donors (Lipinski definition) is 1. The van der Waals surface area contributed by atoms with Crippen molar-refractivity contribution in [2.75, 3.05) is 20.8 Å². The molecule has 4 heteroatoms. The van der Waals surface area contributed by atoms with Crippen molar-refractivity contribution < 1.29 is 13.9 Å². The molecule has 1 aromatic heterocycles. The summed E-state index contributed by atoms with van der Waals surface area (Å²) < 4.78 is 16.3. The van der Waals surface area contributed by atoms with Crippen LogP contribution < -0.4 is 14.8 Å². The molecule has 18 heavy (non-hydrogen) atoms. The zero-order chi connectivity index (χ0) is 13.0. The van der Waals surface area contributed by atoms with Gasteiger partial charge in [0.2, 0.25) is 0 Å². The van der Waals surface area contributed by atoms with E-state index in [1.807, 2.05) is 18.2 Å². The van der Waals surface area contributed by atoms with E-state index in [1.165, 1.54) is 0 Å². The number of hydrogen-bond acceptors (Lipinski definition) is 4. The molecule has 0 saturated heterocycles. The van der Waals surface area contributed by atoms with Gasteiger partial charge in [0.1, 0.15) is 22.8 Å². The standard InChI is InChI=1S/C14H19NO3/c1-4-5-15-9-11-6-12-13(17-3)7-10(16-2)8-14(12)18-11/h6-8,15H,4-5,9H2,1-3H3. The molecule has 0 saturated carbocycles. The Kier molecular flexibility index (Phi) is 4.10. The van der Waals surface area contributed by atoms with Gasteiger partial charge in [0.15, 0.2) is 0 Å². The van der Waals surface area contributed by atoms with Crippen LogP contribution >= 0.6 is 0 Å². The van der Waals surface area contributed by atoms with Gasteiger partial charge >= 0.3 is 0 Å². The fourth-order valence-electron chi connectivity index (χ4n) is 1.90. The molecule has 2 rings (SSSR count). The normalized spacial score (nSPS) is 10.8. The Bertz CT molecular complexity index is 519. The maximum absolute atomic E-state index is 5.78. The zero-order valence-corrected chi connectivity index (χ0v) is 11.1. The first-order chi connectivity index (χ1) is 8.78. The van der Waals surface area contributed by atoms with Gasteiger partial charge < -0.3 is 19.2 Å². The Hall–Kier alpha value is -1.68. The zero-order valence-electron chi connectivity index (χ0n) is 11.1. The predicted molar refractivity (Wildman–Crippen MR) is 71.3 cm³/mol. The van der Waals surface area contributed by atoms with E-state index < -0.39 is 0 Å². The first-order valence-electron chi connectivity index (χ1n) is 6.13. The molecule has 0 spiro atoms. The summed E-state index contributed by atoms with van der Waals surface area (Å²) in [5.41, 5.74) is 0.791. The summed E-state index contributed by atoms with van der Waals surface area (Å²) in [7, 11) is 3.28. The third-order valence-electron chi connectivity index (χ3n) is 2.81. The smallest absolute Gasteiger partial charge is 0.141 e. The van der Waals surface area contributed by atoms with Crippen LogP contribution in [-0.4, -0.2) is 20.8 Å². The van der Waals surface area contributed by atoms with Gasteiger partial charge in [0, 0.05) is 12.1 Å². The molecule has 4 nitrogen and oxygen atoms in total. The average Bonchev–Trinajstić information content (AvgIpc) is 2.80. The van der Waals surface area contributed by atoms with Crippen LogP contribution in [0, 0.1) is 0 Å². The van der Waals surface area contributed by atoms with Gasteiger partial charge in [-0.15, -0.1) is 0 Å². The second-order valence-corrected chi connectivity index (χ2v) is 4.13. The minimum Gasteiger partial charge on any atom is -0.496 e. The monoisotopic (exact) mass is 249 g/mol. The van der Waals surface area contributed by atoms with E-state index in [4.69, 9.17) is 13.9 Å². The van der Waals surface area contributed by atoms with Crippen LogP contribution in [0.5, 0.6) is 11.5 Å². The minimum absolute atomic E-state index is 0.730. The van der Waals surface area contributed by atoms with E-state index in [9.17, 15) is 0 Å². The lowest BCUT2D eigenvalue weighted by molar-refractivity contribution is 0.397. The van der Waals surface area contributed by atoms with Crippen LogP contribution in [0.4, 0.5) is 0 Å². The van der Waals surface area contributed by atoms with Crippen molar-refractivity contribution in [1.29, 1.82) is 0 Å². The lowest BCUT2D eigenvalue weighted by atomic mass is 10.2. The highest BCUT2D eigenvalue weighted by Crippen LogP contribution is 2.33. The van der Waals surface area contributed by atoms with Crippen LogP contribution in [0.3, 0.4) is 0 Å². The molecular formula is C14H19NO3. The largest absolute Gasteiger partial charge is 0.496 e. The SMILES string of the molecule is CCCNCc1cc2c(OC)cc(OC)cc2o1. The van der Waals surface area contributed by atoms with Crippen molar-refractivity contribution in [2.24, 2.45) is 0 Å². The molecule has 1 heterocycles. The van der Waals surface area contributed by atoms with E-state index in [2.05, 4.69) is 12.2 Å².